The van der Waals surface area contributed by atoms with Crippen LogP contribution >= 0.6 is 15.9 Å². The van der Waals surface area contributed by atoms with Crippen molar-refractivity contribution in [3.63, 3.8) is 0 Å². The number of aldehydes is 1. The number of benzene rings is 2. The van der Waals surface area contributed by atoms with E-state index in [9.17, 15) is 4.79 Å². The van der Waals surface area contributed by atoms with Gasteiger partial charge in [-0.2, -0.15) is 0 Å². The number of hydrogen-bond acceptors (Lipinski definition) is 3. The lowest BCUT2D eigenvalue weighted by Gasteiger charge is -2.11. The second-order valence-corrected chi connectivity index (χ2v) is 4.71. The molecular weight excluding hydrogens is 308 g/mol. The van der Waals surface area contributed by atoms with E-state index in [1.54, 1.807) is 19.2 Å². The molecule has 0 saturated heterocycles. The Morgan fingerprint density at radius 2 is 1.95 bits per heavy atom. The molecule has 0 aliphatic carbocycles. The summed E-state index contributed by atoms with van der Waals surface area (Å²) in [6.07, 6.45) is 0.766. The van der Waals surface area contributed by atoms with Crippen LogP contribution in [-0.2, 0) is 6.61 Å². The van der Waals surface area contributed by atoms with Gasteiger partial charge in [0.2, 0.25) is 0 Å². The maximum atomic E-state index is 11.0. The summed E-state index contributed by atoms with van der Waals surface area (Å²) in [6.45, 7) is 0.435. The van der Waals surface area contributed by atoms with Crippen molar-refractivity contribution in [2.75, 3.05) is 7.11 Å². The first-order valence-electron chi connectivity index (χ1n) is 5.74. The molecule has 2 aromatic rings. The molecule has 0 unspecified atom stereocenters. The fourth-order valence-electron chi connectivity index (χ4n) is 1.64. The second kappa shape index (κ2) is 6.38. The van der Waals surface area contributed by atoms with Gasteiger partial charge in [-0.15, -0.1) is 0 Å². The van der Waals surface area contributed by atoms with Crippen LogP contribution in [-0.4, -0.2) is 13.4 Å². The van der Waals surface area contributed by atoms with Crippen LogP contribution in [0.4, 0.5) is 0 Å². The highest BCUT2D eigenvalue weighted by molar-refractivity contribution is 9.10. The lowest BCUT2D eigenvalue weighted by Crippen LogP contribution is -1.98. The number of methoxy groups -OCH3 is 1. The predicted octanol–water partition coefficient (Wildman–Crippen LogP) is 3.85. The normalized spacial score (nSPS) is 10.0. The highest BCUT2D eigenvalue weighted by Crippen LogP contribution is 2.33. The molecule has 4 heteroatoms. The molecule has 2 aromatic carbocycles. The molecule has 19 heavy (non-hydrogen) atoms. The van der Waals surface area contributed by atoms with Crippen LogP contribution in [0.5, 0.6) is 11.5 Å². The van der Waals surface area contributed by atoms with E-state index in [-0.39, 0.29) is 0 Å². The van der Waals surface area contributed by atoms with Crippen molar-refractivity contribution in [3.05, 3.63) is 58.1 Å². The molecule has 2 rings (SSSR count). The van der Waals surface area contributed by atoms with E-state index in [0.29, 0.717) is 28.1 Å². The van der Waals surface area contributed by atoms with Crippen molar-refractivity contribution in [2.24, 2.45) is 0 Å². The van der Waals surface area contributed by atoms with E-state index in [2.05, 4.69) is 15.9 Å². The molecule has 0 amide bonds. The average molecular weight is 321 g/mol. The van der Waals surface area contributed by atoms with E-state index in [1.165, 1.54) is 0 Å². The molecule has 3 nitrogen and oxygen atoms in total. The van der Waals surface area contributed by atoms with Gasteiger partial charge in [-0.3, -0.25) is 4.79 Å². The van der Waals surface area contributed by atoms with Crippen molar-refractivity contribution in [1.82, 2.24) is 0 Å². The molecule has 0 saturated carbocycles. The largest absolute Gasteiger partial charge is 0.497 e. The molecule has 0 bridgehead atoms. The molecule has 0 atom stereocenters. The molecule has 0 aliphatic rings. The quantitative estimate of drug-likeness (QED) is 0.785. The van der Waals surface area contributed by atoms with Gasteiger partial charge >= 0.3 is 0 Å². The van der Waals surface area contributed by atoms with Crippen molar-refractivity contribution in [1.29, 1.82) is 0 Å². The molecule has 0 heterocycles. The zero-order valence-corrected chi connectivity index (χ0v) is 12.0. The van der Waals surface area contributed by atoms with E-state index in [0.717, 1.165) is 11.8 Å². The molecule has 0 N–H and O–H groups in total. The van der Waals surface area contributed by atoms with E-state index < -0.39 is 0 Å². The average Bonchev–Trinajstić information content (AvgIpc) is 2.47. The Labute approximate surface area is 120 Å². The van der Waals surface area contributed by atoms with Gasteiger partial charge in [0.05, 0.1) is 11.6 Å². The van der Waals surface area contributed by atoms with Gasteiger partial charge in [0.1, 0.15) is 18.1 Å². The van der Waals surface area contributed by atoms with E-state index in [1.807, 2.05) is 30.3 Å². The van der Waals surface area contributed by atoms with Gasteiger partial charge in [-0.1, -0.05) is 30.3 Å². The van der Waals surface area contributed by atoms with Crippen molar-refractivity contribution in [2.45, 2.75) is 6.61 Å². The van der Waals surface area contributed by atoms with Gasteiger partial charge < -0.3 is 9.47 Å². The number of carbonyl (C=O) groups is 1. The minimum absolute atomic E-state index is 0.435. The van der Waals surface area contributed by atoms with Crippen molar-refractivity contribution < 1.29 is 14.3 Å². The summed E-state index contributed by atoms with van der Waals surface area (Å²) in [6, 6.07) is 13.2. The molecule has 0 spiro atoms. The second-order valence-electron chi connectivity index (χ2n) is 3.92. The number of hydrogen-bond donors (Lipinski definition) is 0. The maximum absolute atomic E-state index is 11.0. The Bertz CT molecular complexity index is 567. The Morgan fingerprint density at radius 1 is 1.21 bits per heavy atom. The first-order valence-corrected chi connectivity index (χ1v) is 6.53. The lowest BCUT2D eigenvalue weighted by atomic mass is 10.2. The van der Waals surface area contributed by atoms with Crippen LogP contribution in [0.3, 0.4) is 0 Å². The van der Waals surface area contributed by atoms with Crippen LogP contribution in [0.25, 0.3) is 0 Å². The summed E-state index contributed by atoms with van der Waals surface area (Å²) in [5.41, 5.74) is 1.56. The predicted molar refractivity (Wildman–Crippen MR) is 76.9 cm³/mol. The molecule has 0 fully saturated rings. The zero-order valence-electron chi connectivity index (χ0n) is 10.4. The molecular formula is C15H13BrO3. The molecule has 0 aromatic heterocycles. The third-order valence-electron chi connectivity index (χ3n) is 2.64. The zero-order chi connectivity index (χ0) is 13.7. The van der Waals surface area contributed by atoms with Gasteiger partial charge in [0, 0.05) is 11.6 Å². The third-order valence-corrected chi connectivity index (χ3v) is 3.49. The Kier molecular flexibility index (Phi) is 4.58. The highest BCUT2D eigenvalue weighted by atomic mass is 79.9. The number of rotatable bonds is 5. The molecule has 0 radical (unpaired) electrons. The van der Waals surface area contributed by atoms with Gasteiger partial charge in [0.15, 0.2) is 6.29 Å². The Balaban J connectivity index is 2.22. The summed E-state index contributed by atoms with van der Waals surface area (Å²) in [7, 11) is 1.55. The van der Waals surface area contributed by atoms with Crippen LogP contribution in [0.15, 0.2) is 46.9 Å². The summed E-state index contributed by atoms with van der Waals surface area (Å²) in [5, 5.41) is 0. The number of ether oxygens (including phenoxy) is 2. The summed E-state index contributed by atoms with van der Waals surface area (Å²) >= 11 is 3.37. The first-order chi connectivity index (χ1) is 9.24. The number of carbonyl (C=O) groups excluding carboxylic acids is 1. The van der Waals surface area contributed by atoms with E-state index in [4.69, 9.17) is 9.47 Å². The van der Waals surface area contributed by atoms with Crippen molar-refractivity contribution in [3.8, 4) is 11.5 Å². The highest BCUT2D eigenvalue weighted by Gasteiger charge is 2.10. The van der Waals surface area contributed by atoms with E-state index >= 15 is 0 Å². The van der Waals surface area contributed by atoms with Crippen LogP contribution in [0, 0.1) is 0 Å². The fourth-order valence-corrected chi connectivity index (χ4v) is 2.07. The summed E-state index contributed by atoms with van der Waals surface area (Å²) in [5.74, 6) is 1.18. The number of halogens is 1. The van der Waals surface area contributed by atoms with Gasteiger partial charge in [-0.25, -0.2) is 0 Å². The standard InChI is InChI=1S/C15H13BrO3/c1-18-13-7-12(9-17)15(16)14(8-13)19-10-11-5-3-2-4-6-11/h2-9H,10H2,1H3. The summed E-state index contributed by atoms with van der Waals surface area (Å²) < 4.78 is 11.5. The van der Waals surface area contributed by atoms with Crippen LogP contribution in [0.2, 0.25) is 0 Å². The Hall–Kier alpha value is -1.81. The SMILES string of the molecule is COc1cc(C=O)c(Br)c(OCc2ccccc2)c1. The molecule has 0 aliphatic heterocycles. The molecule has 98 valence electrons. The Morgan fingerprint density at radius 3 is 2.58 bits per heavy atom. The minimum Gasteiger partial charge on any atom is -0.497 e. The monoisotopic (exact) mass is 320 g/mol. The summed E-state index contributed by atoms with van der Waals surface area (Å²) in [4.78, 5) is 11.0. The van der Waals surface area contributed by atoms with Crippen LogP contribution in [0.1, 0.15) is 15.9 Å². The fraction of sp³-hybridized carbons (Fsp3) is 0.133. The van der Waals surface area contributed by atoms with Crippen LogP contribution < -0.4 is 9.47 Å². The topological polar surface area (TPSA) is 35.5 Å². The maximum Gasteiger partial charge on any atom is 0.151 e. The van der Waals surface area contributed by atoms with Gasteiger partial charge in [0.25, 0.3) is 0 Å². The van der Waals surface area contributed by atoms with Crippen molar-refractivity contribution >= 4 is 22.2 Å². The smallest absolute Gasteiger partial charge is 0.151 e. The minimum atomic E-state index is 0.435. The first kappa shape index (κ1) is 13.6. The lowest BCUT2D eigenvalue weighted by molar-refractivity contribution is 0.112. The third kappa shape index (κ3) is 3.35. The van der Waals surface area contributed by atoms with Gasteiger partial charge in [-0.05, 0) is 27.6 Å².